The number of benzene rings is 1. The fourth-order valence-corrected chi connectivity index (χ4v) is 2.70. The number of nitrogens with one attached hydrogen (secondary N) is 1. The molecule has 116 valence electrons. The van der Waals surface area contributed by atoms with Crippen LogP contribution in [0.4, 0.5) is 0 Å². The highest BCUT2D eigenvalue weighted by Crippen LogP contribution is 2.31. The third-order valence-corrected chi connectivity index (χ3v) is 3.68. The van der Waals surface area contributed by atoms with Crippen LogP contribution in [0.2, 0.25) is 0 Å². The lowest BCUT2D eigenvalue weighted by atomic mass is 9.95. The molecule has 0 fully saturated rings. The molecule has 0 atom stereocenters. The lowest BCUT2D eigenvalue weighted by Crippen LogP contribution is -2.55. The number of ether oxygens (including phenoxy) is 1. The van der Waals surface area contributed by atoms with Gasteiger partial charge in [-0.15, -0.1) is 0 Å². The molecule has 4 nitrogen and oxygen atoms in total. The highest BCUT2D eigenvalue weighted by molar-refractivity contribution is 5.94. The van der Waals surface area contributed by atoms with Crippen LogP contribution >= 0.6 is 0 Å². The Hall–Kier alpha value is -2.36. The summed E-state index contributed by atoms with van der Waals surface area (Å²) in [5.74, 6) is -0.669. The van der Waals surface area contributed by atoms with E-state index in [2.05, 4.69) is 5.32 Å². The van der Waals surface area contributed by atoms with Gasteiger partial charge in [0.05, 0.1) is 6.61 Å². The van der Waals surface area contributed by atoms with Gasteiger partial charge in [0.15, 0.2) is 0 Å². The van der Waals surface area contributed by atoms with Gasteiger partial charge in [-0.25, -0.2) is 4.79 Å². The zero-order valence-electron chi connectivity index (χ0n) is 13.0. The first-order valence-electron chi connectivity index (χ1n) is 7.47. The van der Waals surface area contributed by atoms with Gasteiger partial charge in [-0.3, -0.25) is 4.79 Å². The largest absolute Gasteiger partial charge is 0.464 e. The van der Waals surface area contributed by atoms with Gasteiger partial charge in [-0.1, -0.05) is 42.5 Å². The van der Waals surface area contributed by atoms with E-state index in [1.807, 2.05) is 37.3 Å². The number of carbonyl (C=O) groups excluding carboxylic acids is 2. The van der Waals surface area contributed by atoms with Crippen molar-refractivity contribution in [3.8, 4) is 0 Å². The summed E-state index contributed by atoms with van der Waals surface area (Å²) in [6.07, 6.45) is 7.59. The summed E-state index contributed by atoms with van der Waals surface area (Å²) in [5.41, 5.74) is 1.15. The summed E-state index contributed by atoms with van der Waals surface area (Å²) in [7, 11) is 0. The predicted molar refractivity (Wildman–Crippen MR) is 85.3 cm³/mol. The molecule has 0 aliphatic heterocycles. The molecule has 2 rings (SSSR count). The molecule has 0 heterocycles. The van der Waals surface area contributed by atoms with Crippen LogP contribution in [0.1, 0.15) is 25.0 Å². The molecule has 1 aliphatic carbocycles. The standard InChI is InChI=1S/C18H21NO3/c1-3-5-6-11-16(20)19-18(17(21)22-4-2)12-14-9-7-8-10-15(14)13-18/h3,5-11H,4,12-13H2,1-2H3,(H,19,20)/b5-3+,11-6+. The van der Waals surface area contributed by atoms with Crippen molar-refractivity contribution in [3.05, 3.63) is 59.7 Å². The molecule has 1 amide bonds. The van der Waals surface area contributed by atoms with Crippen molar-refractivity contribution < 1.29 is 14.3 Å². The molecular weight excluding hydrogens is 278 g/mol. The van der Waals surface area contributed by atoms with Crippen LogP contribution in [0.3, 0.4) is 0 Å². The quantitative estimate of drug-likeness (QED) is 0.516. The maximum atomic E-state index is 12.4. The van der Waals surface area contributed by atoms with Gasteiger partial charge in [0.25, 0.3) is 0 Å². The molecule has 1 N–H and O–H groups in total. The lowest BCUT2D eigenvalue weighted by molar-refractivity contribution is -0.152. The first-order chi connectivity index (χ1) is 10.6. The van der Waals surface area contributed by atoms with Gasteiger partial charge in [0.2, 0.25) is 5.91 Å². The summed E-state index contributed by atoms with van der Waals surface area (Å²) < 4.78 is 5.20. The molecule has 4 heteroatoms. The van der Waals surface area contributed by atoms with E-state index in [0.717, 1.165) is 11.1 Å². The SMILES string of the molecule is C/C=C/C=C/C(=O)NC1(C(=O)OCC)Cc2ccccc2C1. The maximum absolute atomic E-state index is 12.4. The molecule has 0 aromatic heterocycles. The van der Waals surface area contributed by atoms with Crippen LogP contribution in [-0.2, 0) is 27.2 Å². The number of fused-ring (bicyclic) bond motifs is 1. The van der Waals surface area contributed by atoms with Crippen LogP contribution in [0.15, 0.2) is 48.6 Å². The highest BCUT2D eigenvalue weighted by atomic mass is 16.5. The number of rotatable bonds is 5. The Kier molecular flexibility index (Phi) is 5.15. The zero-order chi connectivity index (χ0) is 16.0. The van der Waals surface area contributed by atoms with Crippen LogP contribution in [-0.4, -0.2) is 24.0 Å². The number of hydrogen-bond donors (Lipinski definition) is 1. The summed E-state index contributed by atoms with van der Waals surface area (Å²) in [5, 5.41) is 2.85. The summed E-state index contributed by atoms with van der Waals surface area (Å²) in [6, 6.07) is 7.85. The fraction of sp³-hybridized carbons (Fsp3) is 0.333. The summed E-state index contributed by atoms with van der Waals surface area (Å²) >= 11 is 0. The first kappa shape index (κ1) is 16.0. The minimum atomic E-state index is -1.00. The van der Waals surface area contributed by atoms with Gasteiger partial charge in [-0.05, 0) is 25.0 Å². The van der Waals surface area contributed by atoms with Crippen molar-refractivity contribution in [1.29, 1.82) is 0 Å². The fourth-order valence-electron chi connectivity index (χ4n) is 2.70. The second kappa shape index (κ2) is 7.07. The smallest absolute Gasteiger partial charge is 0.332 e. The van der Waals surface area contributed by atoms with Crippen molar-refractivity contribution >= 4 is 11.9 Å². The molecule has 1 aromatic carbocycles. The monoisotopic (exact) mass is 299 g/mol. The number of allylic oxidation sites excluding steroid dienone is 3. The molecule has 0 bridgehead atoms. The molecule has 0 radical (unpaired) electrons. The van der Waals surface area contributed by atoms with Crippen molar-refractivity contribution in [1.82, 2.24) is 5.32 Å². The minimum absolute atomic E-state index is 0.293. The van der Waals surface area contributed by atoms with Gasteiger partial charge < -0.3 is 10.1 Å². The Labute approximate surface area is 130 Å². The minimum Gasteiger partial charge on any atom is -0.464 e. The molecule has 1 aromatic rings. The average Bonchev–Trinajstić information content (AvgIpc) is 2.87. The summed E-state index contributed by atoms with van der Waals surface area (Å²) in [6.45, 7) is 3.93. The topological polar surface area (TPSA) is 55.4 Å². The summed E-state index contributed by atoms with van der Waals surface area (Å²) in [4.78, 5) is 24.5. The van der Waals surface area contributed by atoms with Gasteiger partial charge in [0, 0.05) is 18.9 Å². The van der Waals surface area contributed by atoms with E-state index in [-0.39, 0.29) is 11.9 Å². The zero-order valence-corrected chi connectivity index (χ0v) is 13.0. The van der Waals surface area contributed by atoms with E-state index >= 15 is 0 Å². The van der Waals surface area contributed by atoms with E-state index < -0.39 is 5.54 Å². The maximum Gasteiger partial charge on any atom is 0.332 e. The third kappa shape index (κ3) is 3.45. The first-order valence-corrected chi connectivity index (χ1v) is 7.47. The van der Waals surface area contributed by atoms with E-state index in [9.17, 15) is 9.59 Å². The van der Waals surface area contributed by atoms with Crippen LogP contribution in [0.25, 0.3) is 0 Å². The van der Waals surface area contributed by atoms with E-state index in [4.69, 9.17) is 4.74 Å². The Morgan fingerprint density at radius 3 is 2.41 bits per heavy atom. The van der Waals surface area contributed by atoms with E-state index in [0.29, 0.717) is 19.4 Å². The average molecular weight is 299 g/mol. The molecule has 0 unspecified atom stereocenters. The normalized spacial score (nSPS) is 15.9. The molecule has 0 saturated heterocycles. The van der Waals surface area contributed by atoms with E-state index in [1.165, 1.54) is 6.08 Å². The number of esters is 1. The molecular formula is C18H21NO3. The number of carbonyl (C=O) groups is 2. The van der Waals surface area contributed by atoms with Crippen molar-refractivity contribution in [3.63, 3.8) is 0 Å². The van der Waals surface area contributed by atoms with Gasteiger partial charge >= 0.3 is 5.97 Å². The van der Waals surface area contributed by atoms with Gasteiger partial charge in [0.1, 0.15) is 5.54 Å². The van der Waals surface area contributed by atoms with Crippen molar-refractivity contribution in [2.75, 3.05) is 6.61 Å². The Bertz CT molecular complexity index is 592. The Balaban J connectivity index is 2.22. The second-order valence-electron chi connectivity index (χ2n) is 5.30. The second-order valence-corrected chi connectivity index (χ2v) is 5.30. The van der Waals surface area contributed by atoms with Gasteiger partial charge in [-0.2, -0.15) is 0 Å². The van der Waals surface area contributed by atoms with E-state index in [1.54, 1.807) is 19.1 Å². The molecule has 1 aliphatic rings. The van der Waals surface area contributed by atoms with Crippen molar-refractivity contribution in [2.24, 2.45) is 0 Å². The number of amides is 1. The van der Waals surface area contributed by atoms with Crippen molar-refractivity contribution in [2.45, 2.75) is 32.2 Å². The third-order valence-electron chi connectivity index (χ3n) is 3.68. The molecule has 22 heavy (non-hydrogen) atoms. The molecule has 0 saturated carbocycles. The van der Waals surface area contributed by atoms with Crippen LogP contribution in [0.5, 0.6) is 0 Å². The predicted octanol–water partition coefficient (Wildman–Crippen LogP) is 2.34. The highest BCUT2D eigenvalue weighted by Gasteiger charge is 2.46. The Morgan fingerprint density at radius 1 is 1.23 bits per heavy atom. The lowest BCUT2D eigenvalue weighted by Gasteiger charge is -2.27. The molecule has 0 spiro atoms. The van der Waals surface area contributed by atoms with Crippen LogP contribution < -0.4 is 5.32 Å². The number of hydrogen-bond acceptors (Lipinski definition) is 3. The van der Waals surface area contributed by atoms with Crippen LogP contribution in [0, 0.1) is 0 Å². The Morgan fingerprint density at radius 2 is 1.86 bits per heavy atom.